The van der Waals surface area contributed by atoms with Crippen LogP contribution in [0.3, 0.4) is 0 Å². The van der Waals surface area contributed by atoms with E-state index < -0.39 is 24.0 Å². The van der Waals surface area contributed by atoms with Crippen LogP contribution in [0.25, 0.3) is 0 Å². The van der Waals surface area contributed by atoms with E-state index in [-0.39, 0.29) is 6.54 Å². The Morgan fingerprint density at radius 3 is 2.71 bits per heavy atom. The summed E-state index contributed by atoms with van der Waals surface area (Å²) in [5, 5.41) is 23.6. The fourth-order valence-corrected chi connectivity index (χ4v) is 2.48. The maximum Gasteiger partial charge on any atom is 0.314 e. The van der Waals surface area contributed by atoms with Gasteiger partial charge in [0.2, 0.25) is 0 Å². The van der Waals surface area contributed by atoms with Crippen molar-refractivity contribution >= 4 is 12.0 Å². The van der Waals surface area contributed by atoms with Crippen molar-refractivity contribution < 1.29 is 19.8 Å². The van der Waals surface area contributed by atoms with Crippen LogP contribution in [-0.4, -0.2) is 40.9 Å². The van der Waals surface area contributed by atoms with Crippen LogP contribution >= 0.6 is 0 Å². The van der Waals surface area contributed by atoms with Gasteiger partial charge in [-0.2, -0.15) is 0 Å². The fraction of sp³-hybridized carbons (Fsp3) is 0.467. The van der Waals surface area contributed by atoms with Gasteiger partial charge in [0.1, 0.15) is 0 Å². The average molecular weight is 292 g/mol. The largest absolute Gasteiger partial charge is 0.481 e. The molecule has 2 unspecified atom stereocenters. The molecule has 0 spiro atoms. The van der Waals surface area contributed by atoms with E-state index in [4.69, 9.17) is 5.11 Å². The van der Waals surface area contributed by atoms with Crippen molar-refractivity contribution in [3.63, 3.8) is 0 Å². The third kappa shape index (κ3) is 4.19. The zero-order chi connectivity index (χ0) is 15.5. The number of hydrogen-bond acceptors (Lipinski definition) is 3. The van der Waals surface area contributed by atoms with E-state index in [1.807, 2.05) is 12.1 Å². The van der Waals surface area contributed by atoms with Gasteiger partial charge in [0.15, 0.2) is 0 Å². The molecule has 2 amide bonds. The minimum atomic E-state index is -1.45. The number of aliphatic carboxylic acids is 1. The van der Waals surface area contributed by atoms with Crippen LogP contribution in [0.1, 0.15) is 30.4 Å². The lowest BCUT2D eigenvalue weighted by atomic mass is 9.78. The highest BCUT2D eigenvalue weighted by atomic mass is 16.4. The van der Waals surface area contributed by atoms with Crippen LogP contribution in [-0.2, 0) is 11.2 Å². The van der Waals surface area contributed by atoms with Gasteiger partial charge >= 0.3 is 12.0 Å². The summed E-state index contributed by atoms with van der Waals surface area (Å²) in [5.41, 5.74) is 1.12. The van der Waals surface area contributed by atoms with Crippen LogP contribution in [0.15, 0.2) is 24.3 Å². The molecule has 21 heavy (non-hydrogen) atoms. The summed E-state index contributed by atoms with van der Waals surface area (Å²) in [7, 11) is 0. The Morgan fingerprint density at radius 2 is 2.05 bits per heavy atom. The zero-order valence-electron chi connectivity index (χ0n) is 11.9. The summed E-state index contributed by atoms with van der Waals surface area (Å²) in [4.78, 5) is 22.2. The van der Waals surface area contributed by atoms with E-state index in [0.29, 0.717) is 12.5 Å². The fourth-order valence-electron chi connectivity index (χ4n) is 2.48. The lowest BCUT2D eigenvalue weighted by Gasteiger charge is -2.30. The van der Waals surface area contributed by atoms with E-state index >= 15 is 0 Å². The second kappa shape index (κ2) is 6.13. The van der Waals surface area contributed by atoms with Gasteiger partial charge in [0.25, 0.3) is 0 Å². The number of rotatable bonds is 6. The molecule has 0 aromatic heterocycles. The molecule has 1 aliphatic carbocycles. The average Bonchev–Trinajstić information content (AvgIpc) is 2.36. The van der Waals surface area contributed by atoms with Crippen molar-refractivity contribution in [2.24, 2.45) is 0 Å². The molecule has 114 valence electrons. The van der Waals surface area contributed by atoms with Crippen molar-refractivity contribution in [3.8, 4) is 0 Å². The van der Waals surface area contributed by atoms with Crippen LogP contribution in [0.2, 0.25) is 0 Å². The minimum Gasteiger partial charge on any atom is -0.481 e. The summed E-state index contributed by atoms with van der Waals surface area (Å²) < 4.78 is 0. The second-order valence-electron chi connectivity index (χ2n) is 5.73. The van der Waals surface area contributed by atoms with Gasteiger partial charge in [-0.15, -0.1) is 0 Å². The SMILES string of the molecule is CC(O)(CNC(=O)NCC1Cc2ccccc21)CC(=O)O. The number of carboxylic acid groups (broad SMARTS) is 1. The molecule has 0 saturated carbocycles. The standard InChI is InChI=1S/C15H20N2O4/c1-15(21,7-13(18)19)9-17-14(20)16-8-11-6-10-4-2-3-5-12(10)11/h2-5,11,21H,6-9H2,1H3,(H,18,19)(H2,16,17,20). The zero-order valence-corrected chi connectivity index (χ0v) is 11.9. The smallest absolute Gasteiger partial charge is 0.314 e. The Kier molecular flexibility index (Phi) is 4.47. The molecule has 6 nitrogen and oxygen atoms in total. The Hall–Kier alpha value is -2.08. The quantitative estimate of drug-likeness (QED) is 0.624. The van der Waals surface area contributed by atoms with Gasteiger partial charge in [-0.3, -0.25) is 4.79 Å². The summed E-state index contributed by atoms with van der Waals surface area (Å²) in [6.45, 7) is 1.81. The third-order valence-corrected chi connectivity index (χ3v) is 3.63. The maximum atomic E-state index is 11.7. The van der Waals surface area contributed by atoms with Gasteiger partial charge in [0.05, 0.1) is 12.0 Å². The normalized spacial score (nSPS) is 18.9. The highest BCUT2D eigenvalue weighted by Gasteiger charge is 2.27. The summed E-state index contributed by atoms with van der Waals surface area (Å²) in [6.07, 6.45) is 0.538. The first-order valence-corrected chi connectivity index (χ1v) is 6.91. The summed E-state index contributed by atoms with van der Waals surface area (Å²) in [6, 6.07) is 7.72. The van der Waals surface area contributed by atoms with Crippen LogP contribution < -0.4 is 10.6 Å². The Balaban J connectivity index is 1.71. The number of urea groups is 1. The van der Waals surface area contributed by atoms with E-state index in [9.17, 15) is 14.7 Å². The molecule has 1 aromatic carbocycles. The minimum absolute atomic E-state index is 0.105. The van der Waals surface area contributed by atoms with Crippen molar-refractivity contribution in [3.05, 3.63) is 35.4 Å². The van der Waals surface area contributed by atoms with Crippen molar-refractivity contribution in [1.29, 1.82) is 0 Å². The van der Waals surface area contributed by atoms with E-state index in [0.717, 1.165) is 6.42 Å². The third-order valence-electron chi connectivity index (χ3n) is 3.63. The Morgan fingerprint density at radius 1 is 1.33 bits per heavy atom. The first-order chi connectivity index (χ1) is 9.87. The first-order valence-electron chi connectivity index (χ1n) is 6.91. The van der Waals surface area contributed by atoms with Gasteiger partial charge in [-0.05, 0) is 24.5 Å². The lowest BCUT2D eigenvalue weighted by molar-refractivity contribution is -0.141. The highest BCUT2D eigenvalue weighted by molar-refractivity contribution is 5.74. The van der Waals surface area contributed by atoms with Crippen molar-refractivity contribution in [2.75, 3.05) is 13.1 Å². The first kappa shape index (κ1) is 15.3. The predicted octanol–water partition coefficient (Wildman–Crippen LogP) is 0.851. The van der Waals surface area contributed by atoms with Crippen molar-refractivity contribution in [2.45, 2.75) is 31.3 Å². The summed E-state index contributed by atoms with van der Waals surface area (Å²) in [5.74, 6) is -0.778. The molecule has 1 aliphatic rings. The number of carbonyl (C=O) groups is 2. The molecule has 0 heterocycles. The van der Waals surface area contributed by atoms with Crippen LogP contribution in [0, 0.1) is 0 Å². The molecular weight excluding hydrogens is 272 g/mol. The number of benzene rings is 1. The molecule has 1 aromatic rings. The second-order valence-corrected chi connectivity index (χ2v) is 5.73. The van der Waals surface area contributed by atoms with Crippen molar-refractivity contribution in [1.82, 2.24) is 10.6 Å². The van der Waals surface area contributed by atoms with Crippen LogP contribution in [0.5, 0.6) is 0 Å². The molecule has 2 rings (SSSR count). The number of aliphatic hydroxyl groups is 1. The molecular formula is C15H20N2O4. The molecule has 0 aliphatic heterocycles. The van der Waals surface area contributed by atoms with E-state index in [1.54, 1.807) is 0 Å². The number of nitrogens with one attached hydrogen (secondary N) is 2. The molecule has 4 N–H and O–H groups in total. The molecule has 2 atom stereocenters. The lowest BCUT2D eigenvalue weighted by Crippen LogP contribution is -2.47. The topological polar surface area (TPSA) is 98.7 Å². The molecule has 0 radical (unpaired) electrons. The number of amides is 2. The molecule has 0 fully saturated rings. The number of carbonyl (C=O) groups excluding carboxylic acids is 1. The Labute approximate surface area is 123 Å². The Bertz CT molecular complexity index is 542. The predicted molar refractivity (Wildman–Crippen MR) is 77.2 cm³/mol. The monoisotopic (exact) mass is 292 g/mol. The number of carboxylic acids is 1. The highest BCUT2D eigenvalue weighted by Crippen LogP contribution is 2.33. The van der Waals surface area contributed by atoms with E-state index in [1.165, 1.54) is 18.1 Å². The van der Waals surface area contributed by atoms with Gasteiger partial charge in [-0.25, -0.2) is 4.79 Å². The molecule has 0 bridgehead atoms. The number of fused-ring (bicyclic) bond motifs is 1. The van der Waals surface area contributed by atoms with Crippen LogP contribution in [0.4, 0.5) is 4.79 Å². The van der Waals surface area contributed by atoms with Gasteiger partial charge in [-0.1, -0.05) is 24.3 Å². The molecule has 0 saturated heterocycles. The van der Waals surface area contributed by atoms with Gasteiger partial charge < -0.3 is 20.8 Å². The molecule has 6 heteroatoms. The summed E-state index contributed by atoms with van der Waals surface area (Å²) >= 11 is 0. The maximum absolute atomic E-state index is 11.7. The number of hydrogen-bond donors (Lipinski definition) is 4. The van der Waals surface area contributed by atoms with Gasteiger partial charge in [0, 0.05) is 19.0 Å². The van der Waals surface area contributed by atoms with E-state index in [2.05, 4.69) is 22.8 Å².